The molecule has 0 heterocycles. The van der Waals surface area contributed by atoms with Crippen LogP contribution in [0.1, 0.15) is 46.5 Å². The molecule has 3 atom stereocenters. The standard InChI is InChI=1S/C12H20/c1-9-4-5-10(2)7-12(3)8-11(12)6-9/h6,9-10H,4-5,7-8H2,1-3H3. The first-order valence-electron chi connectivity index (χ1n) is 5.31. The van der Waals surface area contributed by atoms with E-state index in [4.69, 9.17) is 0 Å². The quantitative estimate of drug-likeness (QED) is 0.478. The van der Waals surface area contributed by atoms with E-state index >= 15 is 0 Å². The lowest BCUT2D eigenvalue weighted by Gasteiger charge is -2.20. The molecule has 0 heteroatoms. The van der Waals surface area contributed by atoms with Gasteiger partial charge in [0.2, 0.25) is 0 Å². The Bertz CT molecular complexity index is 214. The lowest BCUT2D eigenvalue weighted by atomic mass is 9.86. The van der Waals surface area contributed by atoms with Gasteiger partial charge in [0.1, 0.15) is 0 Å². The summed E-state index contributed by atoms with van der Waals surface area (Å²) in [5.74, 6) is 1.79. The average molecular weight is 164 g/mol. The molecule has 0 nitrogen and oxygen atoms in total. The molecule has 0 radical (unpaired) electrons. The second kappa shape index (κ2) is 2.61. The van der Waals surface area contributed by atoms with E-state index in [9.17, 15) is 0 Å². The molecule has 3 unspecified atom stereocenters. The smallest absolute Gasteiger partial charge is 0.00761 e. The molecule has 2 aliphatic rings. The summed E-state index contributed by atoms with van der Waals surface area (Å²) < 4.78 is 0. The molecule has 0 aromatic heterocycles. The van der Waals surface area contributed by atoms with Gasteiger partial charge in [0.25, 0.3) is 0 Å². The zero-order valence-electron chi connectivity index (χ0n) is 8.56. The minimum Gasteiger partial charge on any atom is -0.0819 e. The molecule has 0 aliphatic heterocycles. The summed E-state index contributed by atoms with van der Waals surface area (Å²) >= 11 is 0. The van der Waals surface area contributed by atoms with Crippen LogP contribution in [0.5, 0.6) is 0 Å². The SMILES string of the molecule is CC1C=C2CC2(C)CC(C)CC1. The van der Waals surface area contributed by atoms with Gasteiger partial charge in [0.05, 0.1) is 0 Å². The molecular weight excluding hydrogens is 144 g/mol. The van der Waals surface area contributed by atoms with Crippen molar-refractivity contribution in [1.29, 1.82) is 0 Å². The highest BCUT2D eigenvalue weighted by Crippen LogP contribution is 2.57. The van der Waals surface area contributed by atoms with Crippen molar-refractivity contribution in [3.63, 3.8) is 0 Å². The number of hydrogen-bond donors (Lipinski definition) is 0. The molecule has 2 rings (SSSR count). The van der Waals surface area contributed by atoms with Crippen molar-refractivity contribution in [2.45, 2.75) is 46.5 Å². The Morgan fingerprint density at radius 3 is 2.83 bits per heavy atom. The van der Waals surface area contributed by atoms with Gasteiger partial charge in [-0.25, -0.2) is 0 Å². The van der Waals surface area contributed by atoms with Crippen LogP contribution in [-0.4, -0.2) is 0 Å². The average Bonchev–Trinajstić information content (AvgIpc) is 2.54. The molecule has 0 spiro atoms. The van der Waals surface area contributed by atoms with Crippen molar-refractivity contribution in [2.24, 2.45) is 17.3 Å². The summed E-state index contributed by atoms with van der Waals surface area (Å²) in [5.41, 5.74) is 2.38. The zero-order chi connectivity index (χ0) is 8.77. The van der Waals surface area contributed by atoms with Crippen molar-refractivity contribution in [3.05, 3.63) is 11.6 Å². The number of allylic oxidation sites excluding steroid dienone is 2. The summed E-state index contributed by atoms with van der Waals surface area (Å²) in [7, 11) is 0. The maximum atomic E-state index is 2.53. The lowest BCUT2D eigenvalue weighted by molar-refractivity contribution is 0.362. The lowest BCUT2D eigenvalue weighted by Crippen LogP contribution is -2.08. The topological polar surface area (TPSA) is 0 Å². The van der Waals surface area contributed by atoms with Crippen LogP contribution in [0.3, 0.4) is 0 Å². The monoisotopic (exact) mass is 164 g/mol. The highest BCUT2D eigenvalue weighted by molar-refractivity contribution is 5.32. The predicted molar refractivity (Wildman–Crippen MR) is 53.0 cm³/mol. The maximum Gasteiger partial charge on any atom is -0.00761 e. The Balaban J connectivity index is 2.14. The first-order chi connectivity index (χ1) is 5.60. The summed E-state index contributed by atoms with van der Waals surface area (Å²) in [6, 6.07) is 0. The molecular formula is C12H20. The van der Waals surface area contributed by atoms with Crippen LogP contribution in [0.2, 0.25) is 0 Å². The van der Waals surface area contributed by atoms with Gasteiger partial charge in [-0.05, 0) is 36.5 Å². The largest absolute Gasteiger partial charge is 0.0819 e. The molecule has 0 aromatic carbocycles. The normalized spacial score (nSPS) is 47.1. The maximum absolute atomic E-state index is 2.53. The Morgan fingerprint density at radius 1 is 1.33 bits per heavy atom. The Hall–Kier alpha value is -0.260. The van der Waals surface area contributed by atoms with E-state index < -0.39 is 0 Å². The van der Waals surface area contributed by atoms with Gasteiger partial charge < -0.3 is 0 Å². The Kier molecular flexibility index (Phi) is 1.82. The van der Waals surface area contributed by atoms with Crippen molar-refractivity contribution in [3.8, 4) is 0 Å². The number of fused-ring (bicyclic) bond motifs is 1. The molecule has 68 valence electrons. The van der Waals surface area contributed by atoms with Crippen LogP contribution in [0.4, 0.5) is 0 Å². The van der Waals surface area contributed by atoms with Crippen LogP contribution in [-0.2, 0) is 0 Å². The van der Waals surface area contributed by atoms with E-state index in [1.807, 2.05) is 0 Å². The van der Waals surface area contributed by atoms with E-state index in [1.54, 1.807) is 5.57 Å². The third-order valence-corrected chi connectivity index (χ3v) is 3.63. The van der Waals surface area contributed by atoms with Gasteiger partial charge in [-0.1, -0.05) is 38.8 Å². The van der Waals surface area contributed by atoms with E-state index in [-0.39, 0.29) is 0 Å². The van der Waals surface area contributed by atoms with E-state index in [0.717, 1.165) is 11.8 Å². The first kappa shape index (κ1) is 8.34. The highest BCUT2D eigenvalue weighted by Gasteiger charge is 2.45. The van der Waals surface area contributed by atoms with Crippen molar-refractivity contribution in [1.82, 2.24) is 0 Å². The molecule has 0 bridgehead atoms. The predicted octanol–water partition coefficient (Wildman–Crippen LogP) is 3.78. The van der Waals surface area contributed by atoms with Gasteiger partial charge in [-0.2, -0.15) is 0 Å². The van der Waals surface area contributed by atoms with Gasteiger partial charge in [0.15, 0.2) is 0 Å². The second-order valence-corrected chi connectivity index (χ2v) is 5.29. The third-order valence-electron chi connectivity index (χ3n) is 3.63. The van der Waals surface area contributed by atoms with Crippen LogP contribution >= 0.6 is 0 Å². The molecule has 12 heavy (non-hydrogen) atoms. The van der Waals surface area contributed by atoms with Crippen molar-refractivity contribution < 1.29 is 0 Å². The van der Waals surface area contributed by atoms with Crippen LogP contribution in [0.15, 0.2) is 11.6 Å². The van der Waals surface area contributed by atoms with E-state index in [0.29, 0.717) is 5.41 Å². The van der Waals surface area contributed by atoms with Gasteiger partial charge >= 0.3 is 0 Å². The summed E-state index contributed by atoms with van der Waals surface area (Å²) in [6.07, 6.45) is 8.19. The van der Waals surface area contributed by atoms with Gasteiger partial charge in [-0.3, -0.25) is 0 Å². The molecule has 1 fully saturated rings. The molecule has 0 N–H and O–H groups in total. The molecule has 0 aromatic rings. The minimum atomic E-state index is 0.633. The number of hydrogen-bond acceptors (Lipinski definition) is 0. The summed E-state index contributed by atoms with van der Waals surface area (Å²) in [4.78, 5) is 0. The summed E-state index contributed by atoms with van der Waals surface area (Å²) in [5, 5.41) is 0. The van der Waals surface area contributed by atoms with Gasteiger partial charge in [0, 0.05) is 0 Å². The Morgan fingerprint density at radius 2 is 2.08 bits per heavy atom. The fourth-order valence-electron chi connectivity index (χ4n) is 2.68. The van der Waals surface area contributed by atoms with Gasteiger partial charge in [-0.15, -0.1) is 0 Å². The fraction of sp³-hybridized carbons (Fsp3) is 0.833. The molecule has 0 amide bonds. The minimum absolute atomic E-state index is 0.633. The summed E-state index contributed by atoms with van der Waals surface area (Å²) in [6.45, 7) is 7.22. The second-order valence-electron chi connectivity index (χ2n) is 5.29. The molecule has 0 saturated heterocycles. The van der Waals surface area contributed by atoms with Crippen LogP contribution in [0, 0.1) is 17.3 Å². The molecule has 2 aliphatic carbocycles. The van der Waals surface area contributed by atoms with E-state index in [2.05, 4.69) is 26.8 Å². The van der Waals surface area contributed by atoms with Crippen molar-refractivity contribution in [2.75, 3.05) is 0 Å². The third kappa shape index (κ3) is 1.44. The van der Waals surface area contributed by atoms with Crippen LogP contribution < -0.4 is 0 Å². The van der Waals surface area contributed by atoms with E-state index in [1.165, 1.54) is 25.7 Å². The van der Waals surface area contributed by atoms with Crippen LogP contribution in [0.25, 0.3) is 0 Å². The number of rotatable bonds is 0. The fourth-order valence-corrected chi connectivity index (χ4v) is 2.68. The highest BCUT2D eigenvalue weighted by atomic mass is 14.5. The molecule has 1 saturated carbocycles. The first-order valence-corrected chi connectivity index (χ1v) is 5.31. The van der Waals surface area contributed by atoms with Crippen molar-refractivity contribution >= 4 is 0 Å². The Labute approximate surface area is 76.1 Å². The zero-order valence-corrected chi connectivity index (χ0v) is 8.56.